The van der Waals surface area contributed by atoms with E-state index < -0.39 is 0 Å². The third kappa shape index (κ3) is 3.53. The number of benzene rings is 1. The summed E-state index contributed by atoms with van der Waals surface area (Å²) in [6.07, 6.45) is 1.16. The molecule has 0 saturated carbocycles. The minimum absolute atomic E-state index is 0.138. The van der Waals surface area contributed by atoms with Crippen LogP contribution in [0.15, 0.2) is 24.3 Å². The Morgan fingerprint density at radius 1 is 1.44 bits per heavy atom. The van der Waals surface area contributed by atoms with Gasteiger partial charge in [0.15, 0.2) is 0 Å². The van der Waals surface area contributed by atoms with Gasteiger partial charge in [-0.15, -0.1) is 0 Å². The first-order chi connectivity index (χ1) is 8.66. The summed E-state index contributed by atoms with van der Waals surface area (Å²) < 4.78 is 13.3. The molecule has 0 aromatic heterocycles. The summed E-state index contributed by atoms with van der Waals surface area (Å²) in [7, 11) is 0. The van der Waals surface area contributed by atoms with E-state index in [0.29, 0.717) is 12.0 Å². The zero-order valence-electron chi connectivity index (χ0n) is 11.3. The van der Waals surface area contributed by atoms with Crippen LogP contribution < -0.4 is 5.32 Å². The quantitative estimate of drug-likeness (QED) is 0.868. The molecule has 1 aliphatic rings. The molecule has 1 N–H and O–H groups in total. The standard InChI is InChI=1S/C15H23FN2/c1-12-10-17-7-4-8-18(11-12)13(2)14-5-3-6-15(16)9-14/h3,5-6,9,12-13,17H,4,7-8,10-11H2,1-2H3. The van der Waals surface area contributed by atoms with Gasteiger partial charge in [0.2, 0.25) is 0 Å². The number of hydrogen-bond acceptors (Lipinski definition) is 2. The lowest BCUT2D eigenvalue weighted by atomic mass is 10.0. The summed E-state index contributed by atoms with van der Waals surface area (Å²) in [5, 5.41) is 3.46. The molecule has 1 fully saturated rings. The van der Waals surface area contributed by atoms with Crippen molar-refractivity contribution in [2.45, 2.75) is 26.3 Å². The molecule has 1 aromatic carbocycles. The largest absolute Gasteiger partial charge is 0.316 e. The molecule has 2 unspecified atom stereocenters. The summed E-state index contributed by atoms with van der Waals surface area (Å²) in [6.45, 7) is 8.75. The first kappa shape index (κ1) is 13.5. The maximum atomic E-state index is 13.3. The van der Waals surface area contributed by atoms with Crippen molar-refractivity contribution in [1.29, 1.82) is 0 Å². The number of nitrogens with zero attached hydrogens (tertiary/aromatic N) is 1. The Hall–Kier alpha value is -0.930. The van der Waals surface area contributed by atoms with E-state index in [9.17, 15) is 4.39 Å². The predicted octanol–water partition coefficient (Wildman–Crippen LogP) is 2.82. The van der Waals surface area contributed by atoms with Gasteiger partial charge in [0, 0.05) is 12.6 Å². The van der Waals surface area contributed by atoms with Crippen molar-refractivity contribution in [3.05, 3.63) is 35.6 Å². The molecule has 2 nitrogen and oxygen atoms in total. The van der Waals surface area contributed by atoms with Gasteiger partial charge in [-0.2, -0.15) is 0 Å². The fourth-order valence-electron chi connectivity index (χ4n) is 2.64. The molecular formula is C15H23FN2. The minimum Gasteiger partial charge on any atom is -0.316 e. The normalized spacial score (nSPS) is 24.3. The summed E-state index contributed by atoms with van der Waals surface area (Å²) in [4.78, 5) is 2.47. The number of rotatable bonds is 2. The van der Waals surface area contributed by atoms with Crippen molar-refractivity contribution in [1.82, 2.24) is 10.2 Å². The average Bonchev–Trinajstić information content (AvgIpc) is 2.33. The topological polar surface area (TPSA) is 15.3 Å². The third-order valence-corrected chi connectivity index (χ3v) is 3.72. The fraction of sp³-hybridized carbons (Fsp3) is 0.600. The summed E-state index contributed by atoms with van der Waals surface area (Å²) in [6, 6.07) is 7.29. The molecule has 2 atom stereocenters. The van der Waals surface area contributed by atoms with Crippen molar-refractivity contribution in [3.8, 4) is 0 Å². The van der Waals surface area contributed by atoms with Crippen molar-refractivity contribution in [3.63, 3.8) is 0 Å². The SMILES string of the molecule is CC1CNCCCN(C(C)c2cccc(F)c2)C1. The van der Waals surface area contributed by atoms with Crippen LogP contribution in [0.3, 0.4) is 0 Å². The van der Waals surface area contributed by atoms with E-state index in [1.54, 1.807) is 12.1 Å². The second-order valence-electron chi connectivity index (χ2n) is 5.39. The second-order valence-corrected chi connectivity index (χ2v) is 5.39. The number of halogens is 1. The maximum Gasteiger partial charge on any atom is 0.123 e. The van der Waals surface area contributed by atoms with E-state index in [4.69, 9.17) is 0 Å². The molecule has 1 saturated heterocycles. The molecule has 3 heteroatoms. The van der Waals surface area contributed by atoms with Crippen LogP contribution in [0.2, 0.25) is 0 Å². The van der Waals surface area contributed by atoms with Gasteiger partial charge >= 0.3 is 0 Å². The van der Waals surface area contributed by atoms with E-state index >= 15 is 0 Å². The Morgan fingerprint density at radius 3 is 3.06 bits per heavy atom. The Labute approximate surface area is 109 Å². The van der Waals surface area contributed by atoms with Crippen LogP contribution in [0.25, 0.3) is 0 Å². The minimum atomic E-state index is -0.138. The molecule has 0 amide bonds. The molecular weight excluding hydrogens is 227 g/mol. The van der Waals surface area contributed by atoms with Gasteiger partial charge in [-0.25, -0.2) is 4.39 Å². The fourth-order valence-corrected chi connectivity index (χ4v) is 2.64. The molecule has 0 spiro atoms. The van der Waals surface area contributed by atoms with Crippen LogP contribution in [0, 0.1) is 11.7 Å². The highest BCUT2D eigenvalue weighted by Crippen LogP contribution is 2.22. The molecule has 1 heterocycles. The van der Waals surface area contributed by atoms with Crippen LogP contribution in [-0.2, 0) is 0 Å². The van der Waals surface area contributed by atoms with Gasteiger partial charge < -0.3 is 5.32 Å². The van der Waals surface area contributed by atoms with Gasteiger partial charge in [0.1, 0.15) is 5.82 Å². The Morgan fingerprint density at radius 2 is 2.28 bits per heavy atom. The average molecular weight is 250 g/mol. The zero-order valence-corrected chi connectivity index (χ0v) is 11.3. The molecule has 2 rings (SSSR count). The summed E-state index contributed by atoms with van der Waals surface area (Å²) in [5.74, 6) is 0.502. The van der Waals surface area contributed by atoms with Gasteiger partial charge in [0.05, 0.1) is 0 Å². The van der Waals surface area contributed by atoms with E-state index in [1.165, 1.54) is 6.07 Å². The smallest absolute Gasteiger partial charge is 0.123 e. The second kappa shape index (κ2) is 6.30. The highest BCUT2D eigenvalue weighted by Gasteiger charge is 2.19. The Kier molecular flexibility index (Phi) is 4.72. The van der Waals surface area contributed by atoms with Gasteiger partial charge in [-0.05, 0) is 56.6 Å². The third-order valence-electron chi connectivity index (χ3n) is 3.72. The number of hydrogen-bond donors (Lipinski definition) is 1. The van der Waals surface area contributed by atoms with E-state index in [0.717, 1.165) is 38.2 Å². The summed E-state index contributed by atoms with van der Waals surface area (Å²) >= 11 is 0. The molecule has 1 aliphatic heterocycles. The predicted molar refractivity (Wildman–Crippen MR) is 73.0 cm³/mol. The summed E-state index contributed by atoms with van der Waals surface area (Å²) in [5.41, 5.74) is 1.08. The highest BCUT2D eigenvalue weighted by molar-refractivity contribution is 5.19. The number of nitrogens with one attached hydrogen (secondary N) is 1. The van der Waals surface area contributed by atoms with Crippen LogP contribution in [0.4, 0.5) is 4.39 Å². The Balaban J connectivity index is 2.08. The maximum absolute atomic E-state index is 13.3. The Bertz CT molecular complexity index is 381. The van der Waals surface area contributed by atoms with Gasteiger partial charge in [0.25, 0.3) is 0 Å². The molecule has 1 aromatic rings. The van der Waals surface area contributed by atoms with Gasteiger partial charge in [-0.1, -0.05) is 19.1 Å². The van der Waals surface area contributed by atoms with Crippen LogP contribution in [0.5, 0.6) is 0 Å². The zero-order chi connectivity index (χ0) is 13.0. The van der Waals surface area contributed by atoms with E-state index in [-0.39, 0.29) is 5.82 Å². The van der Waals surface area contributed by atoms with E-state index in [2.05, 4.69) is 24.1 Å². The van der Waals surface area contributed by atoms with Gasteiger partial charge in [-0.3, -0.25) is 4.90 Å². The van der Waals surface area contributed by atoms with Crippen molar-refractivity contribution in [2.24, 2.45) is 5.92 Å². The van der Waals surface area contributed by atoms with Crippen molar-refractivity contribution < 1.29 is 4.39 Å². The molecule has 100 valence electrons. The lowest BCUT2D eigenvalue weighted by Crippen LogP contribution is -2.40. The van der Waals surface area contributed by atoms with Crippen molar-refractivity contribution >= 4 is 0 Å². The molecule has 0 radical (unpaired) electrons. The molecule has 0 bridgehead atoms. The van der Waals surface area contributed by atoms with Crippen molar-refractivity contribution in [2.75, 3.05) is 26.2 Å². The lowest BCUT2D eigenvalue weighted by molar-refractivity contribution is 0.167. The van der Waals surface area contributed by atoms with Crippen LogP contribution >= 0.6 is 0 Å². The molecule has 18 heavy (non-hydrogen) atoms. The van der Waals surface area contributed by atoms with Crippen LogP contribution in [-0.4, -0.2) is 31.1 Å². The highest BCUT2D eigenvalue weighted by atomic mass is 19.1. The lowest BCUT2D eigenvalue weighted by Gasteiger charge is -2.33. The van der Waals surface area contributed by atoms with E-state index in [1.807, 2.05) is 6.07 Å². The van der Waals surface area contributed by atoms with Crippen LogP contribution in [0.1, 0.15) is 31.9 Å². The monoisotopic (exact) mass is 250 g/mol. The molecule has 0 aliphatic carbocycles. The first-order valence-corrected chi connectivity index (χ1v) is 6.87. The first-order valence-electron chi connectivity index (χ1n) is 6.87.